The van der Waals surface area contributed by atoms with Crippen molar-refractivity contribution in [2.75, 3.05) is 31.1 Å². The molecule has 5 heteroatoms. The zero-order chi connectivity index (χ0) is 18.0. The zero-order valence-corrected chi connectivity index (χ0v) is 15.3. The molecule has 0 N–H and O–H groups in total. The summed E-state index contributed by atoms with van der Waals surface area (Å²) in [6.45, 7) is 6.30. The second-order valence-corrected chi connectivity index (χ2v) is 7.30. The molecule has 0 unspecified atom stereocenters. The summed E-state index contributed by atoms with van der Waals surface area (Å²) in [7, 11) is 0. The molecule has 1 aliphatic rings. The largest absolute Gasteiger partial charge is 0.366 e. The number of anilines is 1. The fourth-order valence-electron chi connectivity index (χ4n) is 3.24. The molecule has 0 atom stereocenters. The van der Waals surface area contributed by atoms with Gasteiger partial charge in [0.2, 0.25) is 5.91 Å². The van der Waals surface area contributed by atoms with Gasteiger partial charge in [0.25, 0.3) is 0 Å². The van der Waals surface area contributed by atoms with E-state index in [9.17, 15) is 9.18 Å². The van der Waals surface area contributed by atoms with Gasteiger partial charge in [-0.05, 0) is 43.7 Å². The molecule has 0 aliphatic carbocycles. The molecule has 25 heavy (non-hydrogen) atoms. The third-order valence-corrected chi connectivity index (χ3v) is 5.11. The first-order valence-corrected chi connectivity index (χ1v) is 8.82. The molecule has 3 nitrogen and oxygen atoms in total. The average Bonchev–Trinajstić information content (AvgIpc) is 2.62. The normalized spacial score (nSPS) is 15.4. The fraction of sp³-hybridized carbons (Fsp3) is 0.350. The number of halogens is 2. The van der Waals surface area contributed by atoms with Crippen molar-refractivity contribution in [1.82, 2.24) is 4.90 Å². The van der Waals surface area contributed by atoms with Crippen molar-refractivity contribution in [2.24, 2.45) is 0 Å². The summed E-state index contributed by atoms with van der Waals surface area (Å²) in [4.78, 5) is 16.9. The van der Waals surface area contributed by atoms with Crippen LogP contribution in [0.25, 0.3) is 0 Å². The number of hydrogen-bond donors (Lipinski definition) is 0. The monoisotopic (exact) mass is 360 g/mol. The van der Waals surface area contributed by atoms with Crippen LogP contribution in [0.3, 0.4) is 0 Å². The van der Waals surface area contributed by atoms with E-state index >= 15 is 0 Å². The lowest BCUT2D eigenvalue weighted by Crippen LogP contribution is -2.53. The lowest BCUT2D eigenvalue weighted by Gasteiger charge is -2.39. The molecule has 0 bridgehead atoms. The van der Waals surface area contributed by atoms with Gasteiger partial charge in [0.15, 0.2) is 0 Å². The number of para-hydroxylation sites is 1. The fourth-order valence-corrected chi connectivity index (χ4v) is 3.37. The highest BCUT2D eigenvalue weighted by molar-refractivity contribution is 6.30. The molecule has 1 heterocycles. The van der Waals surface area contributed by atoms with Crippen LogP contribution >= 0.6 is 11.6 Å². The lowest BCUT2D eigenvalue weighted by molar-refractivity contribution is -0.136. The Hall–Kier alpha value is -2.07. The molecule has 132 valence electrons. The Kier molecular flexibility index (Phi) is 5.00. The molecule has 0 spiro atoms. The summed E-state index contributed by atoms with van der Waals surface area (Å²) in [5.41, 5.74) is 0.926. The number of amides is 1. The molecule has 0 aromatic heterocycles. The summed E-state index contributed by atoms with van der Waals surface area (Å²) in [5.74, 6) is -0.133. The first-order valence-electron chi connectivity index (χ1n) is 8.44. The van der Waals surface area contributed by atoms with E-state index in [1.54, 1.807) is 12.1 Å². The van der Waals surface area contributed by atoms with Crippen molar-refractivity contribution >= 4 is 23.2 Å². The number of carbonyl (C=O) groups is 1. The number of benzene rings is 2. The number of piperazine rings is 1. The third kappa shape index (κ3) is 3.64. The molecule has 1 aliphatic heterocycles. The molecule has 2 aromatic carbocycles. The quantitative estimate of drug-likeness (QED) is 0.822. The standard InChI is InChI=1S/C20H22ClFN2O/c1-20(2,15-7-9-16(21)10-8-15)19(25)24-13-11-23(12-14-24)18-6-4-3-5-17(18)22/h3-10H,11-14H2,1-2H3. The Labute approximate surface area is 153 Å². The van der Waals surface area contributed by atoms with Crippen LogP contribution in [0, 0.1) is 5.82 Å². The maximum Gasteiger partial charge on any atom is 0.232 e. The van der Waals surface area contributed by atoms with Crippen LogP contribution < -0.4 is 4.90 Å². The lowest BCUT2D eigenvalue weighted by atomic mass is 9.83. The summed E-state index contributed by atoms with van der Waals surface area (Å²) < 4.78 is 13.9. The van der Waals surface area contributed by atoms with Crippen molar-refractivity contribution in [3.8, 4) is 0 Å². The van der Waals surface area contributed by atoms with Crippen molar-refractivity contribution in [3.05, 3.63) is 64.9 Å². The van der Waals surface area contributed by atoms with Crippen LogP contribution in [0.1, 0.15) is 19.4 Å². The van der Waals surface area contributed by atoms with Gasteiger partial charge in [0.1, 0.15) is 5.82 Å². The van der Waals surface area contributed by atoms with Gasteiger partial charge in [-0.25, -0.2) is 4.39 Å². The second-order valence-electron chi connectivity index (χ2n) is 6.86. The van der Waals surface area contributed by atoms with Gasteiger partial charge in [0.05, 0.1) is 11.1 Å². The van der Waals surface area contributed by atoms with Crippen LogP contribution in [-0.2, 0) is 10.2 Å². The highest BCUT2D eigenvalue weighted by Crippen LogP contribution is 2.28. The number of hydrogen-bond acceptors (Lipinski definition) is 2. The van der Waals surface area contributed by atoms with Crippen LogP contribution in [0.5, 0.6) is 0 Å². The van der Waals surface area contributed by atoms with Gasteiger partial charge >= 0.3 is 0 Å². The van der Waals surface area contributed by atoms with E-state index in [1.807, 2.05) is 54.0 Å². The molecule has 0 radical (unpaired) electrons. The first kappa shape index (κ1) is 17.7. The maximum absolute atomic E-state index is 13.9. The van der Waals surface area contributed by atoms with Gasteiger partial charge in [-0.15, -0.1) is 0 Å². The summed E-state index contributed by atoms with van der Waals surface area (Å²) in [5, 5.41) is 0.658. The van der Waals surface area contributed by atoms with Crippen molar-refractivity contribution < 1.29 is 9.18 Å². The smallest absolute Gasteiger partial charge is 0.232 e. The number of nitrogens with zero attached hydrogens (tertiary/aromatic N) is 2. The van der Waals surface area contributed by atoms with Gasteiger partial charge in [-0.1, -0.05) is 35.9 Å². The Morgan fingerprint density at radius 2 is 1.60 bits per heavy atom. The predicted molar refractivity (Wildman–Crippen MR) is 99.7 cm³/mol. The van der Waals surface area contributed by atoms with E-state index in [1.165, 1.54) is 6.07 Å². The van der Waals surface area contributed by atoms with Crippen molar-refractivity contribution in [1.29, 1.82) is 0 Å². The van der Waals surface area contributed by atoms with Crippen molar-refractivity contribution in [3.63, 3.8) is 0 Å². The van der Waals surface area contributed by atoms with E-state index in [0.717, 1.165) is 5.56 Å². The molecule has 1 amide bonds. The molecule has 2 aromatic rings. The van der Waals surface area contributed by atoms with E-state index in [0.29, 0.717) is 36.9 Å². The van der Waals surface area contributed by atoms with Crippen LogP contribution in [0.4, 0.5) is 10.1 Å². The van der Waals surface area contributed by atoms with E-state index in [4.69, 9.17) is 11.6 Å². The molecule has 0 saturated carbocycles. The summed E-state index contributed by atoms with van der Waals surface area (Å²) in [6.07, 6.45) is 0. The number of carbonyl (C=O) groups excluding carboxylic acids is 1. The molecule has 3 rings (SSSR count). The highest BCUT2D eigenvalue weighted by atomic mass is 35.5. The van der Waals surface area contributed by atoms with E-state index in [-0.39, 0.29) is 11.7 Å². The Morgan fingerprint density at radius 1 is 1.00 bits per heavy atom. The Balaban J connectivity index is 1.69. The summed E-state index contributed by atoms with van der Waals surface area (Å²) >= 11 is 5.95. The minimum atomic E-state index is -0.620. The topological polar surface area (TPSA) is 23.6 Å². The SMILES string of the molecule is CC(C)(C(=O)N1CCN(c2ccccc2F)CC1)c1ccc(Cl)cc1. The first-order chi connectivity index (χ1) is 11.9. The third-order valence-electron chi connectivity index (χ3n) is 4.86. The highest BCUT2D eigenvalue weighted by Gasteiger charge is 2.35. The Morgan fingerprint density at radius 3 is 2.20 bits per heavy atom. The molecule has 1 saturated heterocycles. The van der Waals surface area contributed by atoms with Crippen LogP contribution in [0.2, 0.25) is 5.02 Å². The van der Waals surface area contributed by atoms with Crippen LogP contribution in [0.15, 0.2) is 48.5 Å². The predicted octanol–water partition coefficient (Wildman–Crippen LogP) is 4.11. The van der Waals surface area contributed by atoms with Gasteiger partial charge < -0.3 is 9.80 Å². The average molecular weight is 361 g/mol. The van der Waals surface area contributed by atoms with Crippen LogP contribution in [-0.4, -0.2) is 37.0 Å². The van der Waals surface area contributed by atoms with Crippen molar-refractivity contribution in [2.45, 2.75) is 19.3 Å². The minimum absolute atomic E-state index is 0.0861. The molecular weight excluding hydrogens is 339 g/mol. The van der Waals surface area contributed by atoms with E-state index in [2.05, 4.69) is 0 Å². The van der Waals surface area contributed by atoms with Gasteiger partial charge in [-0.3, -0.25) is 4.79 Å². The van der Waals surface area contributed by atoms with Gasteiger partial charge in [-0.2, -0.15) is 0 Å². The molecular formula is C20H22ClFN2O. The zero-order valence-electron chi connectivity index (χ0n) is 14.5. The Bertz CT molecular complexity index is 753. The molecule has 1 fully saturated rings. The minimum Gasteiger partial charge on any atom is -0.366 e. The number of rotatable bonds is 3. The summed E-state index contributed by atoms with van der Waals surface area (Å²) in [6, 6.07) is 14.2. The second kappa shape index (κ2) is 7.04. The van der Waals surface area contributed by atoms with E-state index < -0.39 is 5.41 Å². The maximum atomic E-state index is 13.9. The van der Waals surface area contributed by atoms with Gasteiger partial charge in [0, 0.05) is 31.2 Å².